The molecule has 0 aliphatic carbocycles. The van der Waals surface area contributed by atoms with Gasteiger partial charge in [0.15, 0.2) is 5.96 Å². The third kappa shape index (κ3) is 7.31. The van der Waals surface area contributed by atoms with Crippen molar-refractivity contribution < 1.29 is 13.5 Å². The number of halogens is 3. The minimum atomic E-state index is -2.88. The van der Waals surface area contributed by atoms with E-state index < -0.39 is 6.61 Å². The number of guanidine groups is 1. The van der Waals surface area contributed by atoms with Gasteiger partial charge in [-0.2, -0.15) is 8.78 Å². The van der Waals surface area contributed by atoms with E-state index in [2.05, 4.69) is 39.1 Å². The minimum Gasteiger partial charge on any atom is -0.434 e. The molecule has 2 N–H and O–H groups in total. The lowest BCUT2D eigenvalue weighted by Gasteiger charge is -2.19. The lowest BCUT2D eigenvalue weighted by Crippen LogP contribution is -2.41. The summed E-state index contributed by atoms with van der Waals surface area (Å²) in [5.41, 5.74) is 0.537. The van der Waals surface area contributed by atoms with Gasteiger partial charge in [0, 0.05) is 37.3 Å². The van der Waals surface area contributed by atoms with Crippen molar-refractivity contribution in [2.75, 3.05) is 33.2 Å². The van der Waals surface area contributed by atoms with Crippen LogP contribution in [-0.2, 0) is 6.54 Å². The van der Waals surface area contributed by atoms with Gasteiger partial charge in [-0.25, -0.2) is 0 Å². The van der Waals surface area contributed by atoms with Crippen molar-refractivity contribution in [3.63, 3.8) is 0 Å². The summed E-state index contributed by atoms with van der Waals surface area (Å²) in [6, 6.07) is 4.54. The number of rotatable bonds is 9. The highest BCUT2D eigenvalue weighted by atomic mass is 35.5. The molecule has 8 heteroatoms. The number of hydrogen-bond acceptors (Lipinski definition) is 3. The Labute approximate surface area is 147 Å². The summed E-state index contributed by atoms with van der Waals surface area (Å²) in [7, 11) is 1.65. The molecule has 1 aromatic carbocycles. The van der Waals surface area contributed by atoms with Gasteiger partial charge in [0.1, 0.15) is 5.75 Å². The highest BCUT2D eigenvalue weighted by molar-refractivity contribution is 6.30. The summed E-state index contributed by atoms with van der Waals surface area (Å²) in [5, 5.41) is 6.72. The number of benzene rings is 1. The molecule has 0 amide bonds. The summed E-state index contributed by atoms with van der Waals surface area (Å²) >= 11 is 5.93. The van der Waals surface area contributed by atoms with Crippen LogP contribution in [0.3, 0.4) is 0 Å². The number of nitrogens with zero attached hydrogens (tertiary/aromatic N) is 2. The van der Waals surface area contributed by atoms with Crippen LogP contribution in [0.25, 0.3) is 0 Å². The standard InChI is InChI=1S/C16H25ClF2N4O/c1-4-23(5-2)9-8-21-16(20-3)22-11-12-10-13(17)6-7-14(12)24-15(18)19/h6-7,10,15H,4-5,8-9,11H2,1-3H3,(H2,20,21,22). The fourth-order valence-electron chi connectivity index (χ4n) is 2.17. The van der Waals surface area contributed by atoms with Gasteiger partial charge in [-0.1, -0.05) is 25.4 Å². The lowest BCUT2D eigenvalue weighted by atomic mass is 10.2. The maximum absolute atomic E-state index is 12.5. The van der Waals surface area contributed by atoms with Crippen molar-refractivity contribution in [3.8, 4) is 5.75 Å². The summed E-state index contributed by atoms with van der Waals surface area (Å²) in [5.74, 6) is 0.686. The fourth-order valence-corrected chi connectivity index (χ4v) is 2.36. The molecule has 0 aliphatic heterocycles. The normalized spacial score (nSPS) is 11.9. The summed E-state index contributed by atoms with van der Waals surface area (Å²) < 4.78 is 29.4. The number of hydrogen-bond donors (Lipinski definition) is 2. The number of alkyl halides is 2. The van der Waals surface area contributed by atoms with E-state index in [1.165, 1.54) is 12.1 Å². The molecular formula is C16H25ClF2N4O. The van der Waals surface area contributed by atoms with Crippen molar-refractivity contribution in [1.82, 2.24) is 15.5 Å². The first-order valence-electron chi connectivity index (χ1n) is 7.90. The monoisotopic (exact) mass is 362 g/mol. The van der Waals surface area contributed by atoms with Gasteiger partial charge in [-0.05, 0) is 31.3 Å². The molecule has 0 aromatic heterocycles. The van der Waals surface area contributed by atoms with Crippen LogP contribution in [0.15, 0.2) is 23.2 Å². The Morgan fingerprint density at radius 2 is 2.00 bits per heavy atom. The van der Waals surface area contributed by atoms with Crippen LogP contribution >= 0.6 is 11.6 Å². The van der Waals surface area contributed by atoms with E-state index in [0.717, 1.165) is 26.2 Å². The van der Waals surface area contributed by atoms with Crippen LogP contribution in [0, 0.1) is 0 Å². The first kappa shape index (κ1) is 20.4. The van der Waals surface area contributed by atoms with Gasteiger partial charge in [-0.3, -0.25) is 4.99 Å². The summed E-state index contributed by atoms with van der Waals surface area (Å²) in [6.45, 7) is 5.22. The van der Waals surface area contributed by atoms with Gasteiger partial charge in [0.05, 0.1) is 0 Å². The Morgan fingerprint density at radius 1 is 1.29 bits per heavy atom. The zero-order valence-corrected chi connectivity index (χ0v) is 15.0. The number of aliphatic imine (C=N–C) groups is 1. The molecule has 1 aromatic rings. The van der Waals surface area contributed by atoms with E-state index in [1.807, 2.05) is 0 Å². The average molecular weight is 363 g/mol. The van der Waals surface area contributed by atoms with Crippen molar-refractivity contribution in [3.05, 3.63) is 28.8 Å². The summed E-state index contributed by atoms with van der Waals surface area (Å²) in [4.78, 5) is 6.40. The first-order chi connectivity index (χ1) is 11.5. The molecule has 0 unspecified atom stereocenters. The second-order valence-electron chi connectivity index (χ2n) is 5.01. The highest BCUT2D eigenvalue weighted by Gasteiger charge is 2.11. The molecule has 0 fully saturated rings. The van der Waals surface area contributed by atoms with Crippen molar-refractivity contribution in [2.24, 2.45) is 4.99 Å². The van der Waals surface area contributed by atoms with E-state index in [0.29, 0.717) is 16.5 Å². The van der Waals surface area contributed by atoms with Crippen LogP contribution in [0.1, 0.15) is 19.4 Å². The molecule has 0 atom stereocenters. The topological polar surface area (TPSA) is 48.9 Å². The fraction of sp³-hybridized carbons (Fsp3) is 0.562. The molecule has 0 aliphatic rings. The van der Waals surface area contributed by atoms with E-state index in [1.54, 1.807) is 13.1 Å². The molecule has 0 bridgehead atoms. The molecule has 0 saturated carbocycles. The highest BCUT2D eigenvalue weighted by Crippen LogP contribution is 2.24. The van der Waals surface area contributed by atoms with E-state index >= 15 is 0 Å². The SMILES string of the molecule is CCN(CC)CCNC(=NC)NCc1cc(Cl)ccc1OC(F)F. The summed E-state index contributed by atoms with van der Waals surface area (Å²) in [6.07, 6.45) is 0. The molecule has 136 valence electrons. The predicted molar refractivity (Wildman–Crippen MR) is 94.1 cm³/mol. The second-order valence-corrected chi connectivity index (χ2v) is 5.45. The van der Waals surface area contributed by atoms with Crippen LogP contribution < -0.4 is 15.4 Å². The van der Waals surface area contributed by atoms with E-state index in [4.69, 9.17) is 11.6 Å². The zero-order chi connectivity index (χ0) is 17.9. The number of likely N-dealkylation sites (N-methyl/N-ethyl adjacent to an activating group) is 1. The largest absolute Gasteiger partial charge is 0.434 e. The van der Waals surface area contributed by atoms with Crippen LogP contribution in [0.4, 0.5) is 8.78 Å². The van der Waals surface area contributed by atoms with E-state index in [9.17, 15) is 8.78 Å². The molecule has 0 heterocycles. The van der Waals surface area contributed by atoms with Crippen molar-refractivity contribution in [1.29, 1.82) is 0 Å². The Balaban J connectivity index is 2.58. The van der Waals surface area contributed by atoms with Gasteiger partial charge < -0.3 is 20.3 Å². The molecule has 1 rings (SSSR count). The molecular weight excluding hydrogens is 338 g/mol. The third-order valence-electron chi connectivity index (χ3n) is 3.52. The third-order valence-corrected chi connectivity index (χ3v) is 3.76. The number of nitrogens with one attached hydrogen (secondary N) is 2. The zero-order valence-electron chi connectivity index (χ0n) is 14.3. The van der Waals surface area contributed by atoms with E-state index in [-0.39, 0.29) is 12.3 Å². The van der Waals surface area contributed by atoms with Crippen LogP contribution in [-0.4, -0.2) is 50.7 Å². The molecule has 0 saturated heterocycles. The van der Waals surface area contributed by atoms with Gasteiger partial charge >= 0.3 is 6.61 Å². The maximum atomic E-state index is 12.5. The Bertz CT molecular complexity index is 525. The average Bonchev–Trinajstić information content (AvgIpc) is 2.56. The second kappa shape index (κ2) is 11.0. The quantitative estimate of drug-likeness (QED) is 0.524. The van der Waals surface area contributed by atoms with Crippen LogP contribution in [0.5, 0.6) is 5.75 Å². The predicted octanol–water partition coefficient (Wildman–Crippen LogP) is 2.95. The lowest BCUT2D eigenvalue weighted by molar-refractivity contribution is -0.0504. The van der Waals surface area contributed by atoms with Gasteiger partial charge in [0.2, 0.25) is 0 Å². The van der Waals surface area contributed by atoms with Gasteiger partial charge in [-0.15, -0.1) is 0 Å². The van der Waals surface area contributed by atoms with Gasteiger partial charge in [0.25, 0.3) is 0 Å². The van der Waals surface area contributed by atoms with Crippen LogP contribution in [0.2, 0.25) is 5.02 Å². The molecule has 24 heavy (non-hydrogen) atoms. The molecule has 5 nitrogen and oxygen atoms in total. The van der Waals surface area contributed by atoms with Crippen molar-refractivity contribution in [2.45, 2.75) is 27.0 Å². The Hall–Kier alpha value is -1.60. The Morgan fingerprint density at radius 3 is 2.58 bits per heavy atom. The minimum absolute atomic E-state index is 0.0977. The smallest absolute Gasteiger partial charge is 0.387 e. The first-order valence-corrected chi connectivity index (χ1v) is 8.28. The maximum Gasteiger partial charge on any atom is 0.387 e. The molecule has 0 radical (unpaired) electrons. The number of ether oxygens (including phenoxy) is 1. The Kier molecular flexibility index (Phi) is 9.41. The molecule has 0 spiro atoms. The van der Waals surface area contributed by atoms with Crippen molar-refractivity contribution >= 4 is 17.6 Å².